The average Bonchev–Trinajstić information content (AvgIpc) is 2.81. The molecule has 4 nitrogen and oxygen atoms in total. The Balaban J connectivity index is 2.13. The standard InChI is InChI=1S/C16H16N2O2S/c1-3-11-4-6-12(7-5-11)8-14-15(20)18-16(21-14)13(9-17)10(2)19/h4-7,14H,3,8H2,1-2H3,(H,18,20)/b16-13-. The maximum atomic E-state index is 12.0. The van der Waals surface area contributed by atoms with Crippen molar-refractivity contribution in [1.82, 2.24) is 5.32 Å². The van der Waals surface area contributed by atoms with Crippen LogP contribution in [0.4, 0.5) is 0 Å². The molecule has 1 amide bonds. The Bertz CT molecular complexity index is 641. The van der Waals surface area contributed by atoms with Crippen molar-refractivity contribution in [2.24, 2.45) is 0 Å². The molecule has 0 radical (unpaired) electrons. The van der Waals surface area contributed by atoms with Crippen molar-refractivity contribution < 1.29 is 9.59 Å². The fourth-order valence-electron chi connectivity index (χ4n) is 2.09. The summed E-state index contributed by atoms with van der Waals surface area (Å²) in [7, 11) is 0. The van der Waals surface area contributed by atoms with Crippen LogP contribution in [0, 0.1) is 11.3 Å². The molecule has 0 saturated carbocycles. The summed E-state index contributed by atoms with van der Waals surface area (Å²) >= 11 is 1.26. The molecule has 1 fully saturated rings. The van der Waals surface area contributed by atoms with Crippen LogP contribution in [0.5, 0.6) is 0 Å². The minimum absolute atomic E-state index is 0.0252. The molecule has 0 aromatic heterocycles. The van der Waals surface area contributed by atoms with Crippen LogP contribution in [0.25, 0.3) is 0 Å². The maximum absolute atomic E-state index is 12.0. The number of nitrogens with zero attached hydrogens (tertiary/aromatic N) is 1. The van der Waals surface area contributed by atoms with Crippen molar-refractivity contribution >= 4 is 23.5 Å². The van der Waals surface area contributed by atoms with Crippen LogP contribution in [-0.4, -0.2) is 16.9 Å². The number of amides is 1. The number of nitrogens with one attached hydrogen (secondary N) is 1. The Morgan fingerprint density at radius 1 is 1.33 bits per heavy atom. The first kappa shape index (κ1) is 15.3. The quantitative estimate of drug-likeness (QED) is 0.684. The van der Waals surface area contributed by atoms with Gasteiger partial charge in [0.25, 0.3) is 0 Å². The summed E-state index contributed by atoms with van der Waals surface area (Å²) in [5, 5.41) is 11.7. The number of carbonyl (C=O) groups is 2. The smallest absolute Gasteiger partial charge is 0.238 e. The van der Waals surface area contributed by atoms with E-state index in [0.29, 0.717) is 11.4 Å². The van der Waals surface area contributed by atoms with Crippen LogP contribution in [0.15, 0.2) is 34.9 Å². The number of nitriles is 1. The highest BCUT2D eigenvalue weighted by Crippen LogP contribution is 2.31. The van der Waals surface area contributed by atoms with Gasteiger partial charge in [-0.05, 0) is 30.9 Å². The lowest BCUT2D eigenvalue weighted by atomic mass is 10.1. The van der Waals surface area contributed by atoms with Gasteiger partial charge >= 0.3 is 0 Å². The summed E-state index contributed by atoms with van der Waals surface area (Å²) in [6.07, 6.45) is 1.57. The molecule has 1 aliphatic rings. The normalized spacial score (nSPS) is 19.9. The van der Waals surface area contributed by atoms with Crippen molar-refractivity contribution in [3.63, 3.8) is 0 Å². The van der Waals surface area contributed by atoms with Gasteiger partial charge in [-0.25, -0.2) is 0 Å². The lowest BCUT2D eigenvalue weighted by Gasteiger charge is -2.06. The van der Waals surface area contributed by atoms with Gasteiger partial charge in [-0.3, -0.25) is 9.59 Å². The highest BCUT2D eigenvalue weighted by molar-refractivity contribution is 8.04. The first-order valence-electron chi connectivity index (χ1n) is 6.75. The number of Topliss-reactive ketones (excluding diaryl/α,β-unsaturated/α-hetero) is 1. The summed E-state index contributed by atoms with van der Waals surface area (Å²) in [6.45, 7) is 3.42. The molecule has 0 bridgehead atoms. The van der Waals surface area contributed by atoms with Crippen molar-refractivity contribution in [1.29, 1.82) is 5.26 Å². The van der Waals surface area contributed by atoms with E-state index in [1.54, 1.807) is 0 Å². The molecular weight excluding hydrogens is 284 g/mol. The zero-order valence-electron chi connectivity index (χ0n) is 12.0. The summed E-state index contributed by atoms with van der Waals surface area (Å²) in [5.41, 5.74) is 2.35. The van der Waals surface area contributed by atoms with Gasteiger partial charge in [0, 0.05) is 0 Å². The Kier molecular flexibility index (Phi) is 4.81. The van der Waals surface area contributed by atoms with E-state index in [0.717, 1.165) is 12.0 Å². The second kappa shape index (κ2) is 6.59. The predicted octanol–water partition coefficient (Wildman–Crippen LogP) is 2.35. The van der Waals surface area contributed by atoms with Crippen LogP contribution < -0.4 is 5.32 Å². The minimum atomic E-state index is -0.326. The Labute approximate surface area is 128 Å². The molecule has 108 valence electrons. The van der Waals surface area contributed by atoms with Gasteiger partial charge < -0.3 is 5.32 Å². The lowest BCUT2D eigenvalue weighted by molar-refractivity contribution is -0.119. The molecule has 1 heterocycles. The monoisotopic (exact) mass is 300 g/mol. The SMILES string of the molecule is CCc1ccc(CC2S/C(=C(/C#N)C(C)=O)NC2=O)cc1. The number of rotatable bonds is 4. The van der Waals surface area contributed by atoms with Crippen molar-refractivity contribution in [2.75, 3.05) is 0 Å². The molecule has 1 aromatic carbocycles. The second-order valence-electron chi connectivity index (χ2n) is 4.84. The molecule has 0 spiro atoms. The van der Waals surface area contributed by atoms with Crippen LogP contribution in [-0.2, 0) is 22.4 Å². The first-order valence-corrected chi connectivity index (χ1v) is 7.63. The number of benzene rings is 1. The number of thioether (sulfide) groups is 1. The highest BCUT2D eigenvalue weighted by Gasteiger charge is 2.32. The third-order valence-electron chi connectivity index (χ3n) is 3.33. The van der Waals surface area contributed by atoms with E-state index >= 15 is 0 Å². The molecular formula is C16H16N2O2S. The average molecular weight is 300 g/mol. The first-order chi connectivity index (χ1) is 10.0. The van der Waals surface area contributed by atoms with Gasteiger partial charge in [0.05, 0.1) is 10.3 Å². The van der Waals surface area contributed by atoms with E-state index in [9.17, 15) is 9.59 Å². The van der Waals surface area contributed by atoms with Gasteiger partial charge in [0.2, 0.25) is 5.91 Å². The maximum Gasteiger partial charge on any atom is 0.238 e. The van der Waals surface area contributed by atoms with E-state index in [1.165, 1.54) is 24.2 Å². The van der Waals surface area contributed by atoms with Crippen LogP contribution >= 0.6 is 11.8 Å². The summed E-state index contributed by atoms with van der Waals surface area (Å²) < 4.78 is 0. The van der Waals surface area contributed by atoms with E-state index in [1.807, 2.05) is 18.2 Å². The molecule has 1 aromatic rings. The number of hydrogen-bond acceptors (Lipinski definition) is 4. The summed E-state index contributed by atoms with van der Waals surface area (Å²) in [6, 6.07) is 10.0. The third kappa shape index (κ3) is 3.53. The molecule has 1 N–H and O–H groups in total. The van der Waals surface area contributed by atoms with Crippen molar-refractivity contribution in [3.05, 3.63) is 46.0 Å². The zero-order chi connectivity index (χ0) is 15.4. The number of hydrogen-bond donors (Lipinski definition) is 1. The van der Waals surface area contributed by atoms with Gasteiger partial charge in [-0.2, -0.15) is 5.26 Å². The zero-order valence-corrected chi connectivity index (χ0v) is 12.8. The van der Waals surface area contributed by atoms with Crippen LogP contribution in [0.2, 0.25) is 0 Å². The number of carbonyl (C=O) groups excluding carboxylic acids is 2. The summed E-state index contributed by atoms with van der Waals surface area (Å²) in [4.78, 5) is 23.3. The molecule has 1 saturated heterocycles. The molecule has 2 rings (SSSR count). The Hall–Kier alpha value is -2.06. The Morgan fingerprint density at radius 3 is 2.48 bits per heavy atom. The number of aryl methyl sites for hydroxylation is 1. The molecule has 1 atom stereocenters. The fourth-order valence-corrected chi connectivity index (χ4v) is 3.28. The number of ketones is 1. The Morgan fingerprint density at radius 2 is 1.95 bits per heavy atom. The van der Waals surface area contributed by atoms with E-state index in [4.69, 9.17) is 5.26 Å². The fraction of sp³-hybridized carbons (Fsp3) is 0.312. The topological polar surface area (TPSA) is 70.0 Å². The van der Waals surface area contributed by atoms with E-state index < -0.39 is 0 Å². The molecule has 1 aliphatic heterocycles. The van der Waals surface area contributed by atoms with Crippen molar-refractivity contribution in [3.8, 4) is 6.07 Å². The lowest BCUT2D eigenvalue weighted by Crippen LogP contribution is -2.24. The number of allylic oxidation sites excluding steroid dienone is 1. The predicted molar refractivity (Wildman–Crippen MR) is 82.4 cm³/mol. The van der Waals surface area contributed by atoms with Gasteiger partial charge in [0.15, 0.2) is 5.78 Å². The van der Waals surface area contributed by atoms with Crippen LogP contribution in [0.1, 0.15) is 25.0 Å². The highest BCUT2D eigenvalue weighted by atomic mass is 32.2. The molecule has 5 heteroatoms. The second-order valence-corrected chi connectivity index (χ2v) is 6.06. The summed E-state index contributed by atoms with van der Waals surface area (Å²) in [5.74, 6) is -0.475. The van der Waals surface area contributed by atoms with Gasteiger partial charge in [-0.15, -0.1) is 0 Å². The third-order valence-corrected chi connectivity index (χ3v) is 4.54. The van der Waals surface area contributed by atoms with E-state index in [2.05, 4.69) is 24.4 Å². The van der Waals surface area contributed by atoms with Gasteiger partial charge in [-0.1, -0.05) is 43.0 Å². The minimum Gasteiger partial charge on any atom is -0.318 e. The van der Waals surface area contributed by atoms with Crippen LogP contribution in [0.3, 0.4) is 0 Å². The molecule has 21 heavy (non-hydrogen) atoms. The molecule has 1 unspecified atom stereocenters. The van der Waals surface area contributed by atoms with Crippen molar-refractivity contribution in [2.45, 2.75) is 31.9 Å². The largest absolute Gasteiger partial charge is 0.318 e. The van der Waals surface area contributed by atoms with Gasteiger partial charge in [0.1, 0.15) is 11.6 Å². The van der Waals surface area contributed by atoms with E-state index in [-0.39, 0.29) is 22.5 Å². The molecule has 0 aliphatic carbocycles.